The van der Waals surface area contributed by atoms with Gasteiger partial charge in [-0.15, -0.1) is 0 Å². The van der Waals surface area contributed by atoms with Crippen LogP contribution in [0.15, 0.2) is 16.8 Å². The summed E-state index contributed by atoms with van der Waals surface area (Å²) in [5.74, 6) is 0.654. The highest BCUT2D eigenvalue weighted by molar-refractivity contribution is 5.71. The van der Waals surface area contributed by atoms with Crippen molar-refractivity contribution < 1.29 is 9.21 Å². The van der Waals surface area contributed by atoms with E-state index in [4.69, 9.17) is 4.42 Å². The minimum absolute atomic E-state index is 0.225. The van der Waals surface area contributed by atoms with Gasteiger partial charge >= 0.3 is 0 Å². The van der Waals surface area contributed by atoms with Crippen LogP contribution in [0, 0.1) is 6.92 Å². The van der Waals surface area contributed by atoms with Gasteiger partial charge < -0.3 is 4.42 Å². The van der Waals surface area contributed by atoms with E-state index < -0.39 is 0 Å². The smallest absolute Gasteiger partial charge is 0.230 e. The summed E-state index contributed by atoms with van der Waals surface area (Å²) in [5, 5.41) is 4.15. The van der Waals surface area contributed by atoms with Crippen molar-refractivity contribution >= 4 is 6.29 Å². The molecule has 0 saturated carbocycles. The molecule has 5 nitrogen and oxygen atoms in total. The lowest BCUT2D eigenvalue weighted by molar-refractivity contribution is 0.110. The molecule has 2 rings (SSSR count). The zero-order chi connectivity index (χ0) is 10.1. The van der Waals surface area contributed by atoms with Crippen molar-refractivity contribution in [2.75, 3.05) is 0 Å². The van der Waals surface area contributed by atoms with E-state index in [1.165, 1.54) is 6.20 Å². The van der Waals surface area contributed by atoms with Gasteiger partial charge in [-0.1, -0.05) is 0 Å². The molecule has 2 aromatic heterocycles. The molecule has 0 aliphatic rings. The highest BCUT2D eigenvalue weighted by atomic mass is 16.4. The average molecular weight is 191 g/mol. The summed E-state index contributed by atoms with van der Waals surface area (Å²) in [6.45, 7) is 1.86. The van der Waals surface area contributed by atoms with Gasteiger partial charge in [-0.25, -0.2) is 4.98 Å². The number of oxazole rings is 1. The predicted molar refractivity (Wildman–Crippen MR) is 48.8 cm³/mol. The number of aryl methyl sites for hydroxylation is 2. The van der Waals surface area contributed by atoms with Crippen molar-refractivity contribution in [2.24, 2.45) is 7.05 Å². The molecular formula is C9H9N3O2. The topological polar surface area (TPSA) is 60.9 Å². The van der Waals surface area contributed by atoms with Crippen LogP contribution in [0.4, 0.5) is 0 Å². The maximum absolute atomic E-state index is 10.4. The molecule has 0 N–H and O–H groups in total. The Morgan fingerprint density at radius 1 is 1.57 bits per heavy atom. The molecule has 0 aliphatic carbocycles. The molecule has 0 atom stereocenters. The van der Waals surface area contributed by atoms with E-state index >= 15 is 0 Å². The summed E-state index contributed by atoms with van der Waals surface area (Å²) >= 11 is 0. The number of aromatic nitrogens is 3. The summed E-state index contributed by atoms with van der Waals surface area (Å²) in [7, 11) is 1.82. The molecule has 0 radical (unpaired) electrons. The lowest BCUT2D eigenvalue weighted by Gasteiger charge is -1.88. The van der Waals surface area contributed by atoms with Gasteiger partial charge in [-0.3, -0.25) is 9.48 Å². The number of nitrogens with zero attached hydrogens (tertiary/aromatic N) is 3. The first-order chi connectivity index (χ1) is 6.70. The first-order valence-electron chi connectivity index (χ1n) is 4.12. The van der Waals surface area contributed by atoms with E-state index in [9.17, 15) is 4.79 Å². The van der Waals surface area contributed by atoms with Crippen LogP contribution in [0.5, 0.6) is 0 Å². The van der Waals surface area contributed by atoms with Crippen LogP contribution in [0.25, 0.3) is 11.5 Å². The van der Waals surface area contributed by atoms with Gasteiger partial charge in [0.2, 0.25) is 5.89 Å². The molecule has 2 aromatic rings. The van der Waals surface area contributed by atoms with Gasteiger partial charge in [0.25, 0.3) is 0 Å². The van der Waals surface area contributed by atoms with Gasteiger partial charge in [0.05, 0.1) is 17.5 Å². The molecule has 0 spiro atoms. The summed E-state index contributed by atoms with van der Waals surface area (Å²) < 4.78 is 6.86. The van der Waals surface area contributed by atoms with E-state index in [0.29, 0.717) is 12.2 Å². The molecule has 5 heteroatoms. The maximum atomic E-state index is 10.4. The fourth-order valence-electron chi connectivity index (χ4n) is 1.28. The van der Waals surface area contributed by atoms with Gasteiger partial charge in [-0.05, 0) is 6.92 Å². The number of hydrogen-bond acceptors (Lipinski definition) is 4. The van der Waals surface area contributed by atoms with Crippen LogP contribution in [0.3, 0.4) is 0 Å². The Morgan fingerprint density at radius 3 is 2.86 bits per heavy atom. The Morgan fingerprint density at radius 2 is 2.36 bits per heavy atom. The van der Waals surface area contributed by atoms with Crippen LogP contribution in [0.1, 0.15) is 16.2 Å². The van der Waals surface area contributed by atoms with E-state index in [-0.39, 0.29) is 5.76 Å². The van der Waals surface area contributed by atoms with Crippen molar-refractivity contribution in [3.63, 3.8) is 0 Å². The van der Waals surface area contributed by atoms with Crippen LogP contribution in [-0.2, 0) is 7.05 Å². The molecule has 0 aromatic carbocycles. The van der Waals surface area contributed by atoms with Crippen molar-refractivity contribution in [1.82, 2.24) is 14.8 Å². The molecular weight excluding hydrogens is 182 g/mol. The second-order valence-corrected chi connectivity index (χ2v) is 2.99. The molecule has 14 heavy (non-hydrogen) atoms. The zero-order valence-electron chi connectivity index (χ0n) is 7.89. The van der Waals surface area contributed by atoms with Crippen molar-refractivity contribution in [3.8, 4) is 11.5 Å². The van der Waals surface area contributed by atoms with E-state index in [0.717, 1.165) is 11.3 Å². The minimum atomic E-state index is 0.225. The number of rotatable bonds is 2. The Bertz CT molecular complexity index is 470. The second kappa shape index (κ2) is 3.10. The monoisotopic (exact) mass is 191 g/mol. The standard InChI is InChI=1S/C9H9N3O2/c1-6-8(4-12(2)11-6)9-10-3-7(5-13)14-9/h3-5H,1-2H3. The third-order valence-electron chi connectivity index (χ3n) is 1.88. The largest absolute Gasteiger partial charge is 0.433 e. The number of aldehydes is 1. The Balaban J connectivity index is 2.48. The van der Waals surface area contributed by atoms with Crippen LogP contribution < -0.4 is 0 Å². The first kappa shape index (κ1) is 8.68. The second-order valence-electron chi connectivity index (χ2n) is 2.99. The Kier molecular flexibility index (Phi) is 1.92. The molecule has 2 heterocycles. The van der Waals surface area contributed by atoms with Gasteiger partial charge in [-0.2, -0.15) is 5.10 Å². The summed E-state index contributed by atoms with van der Waals surface area (Å²) in [6, 6.07) is 0. The normalized spacial score (nSPS) is 10.4. The molecule has 0 unspecified atom stereocenters. The Labute approximate surface area is 80.4 Å². The summed E-state index contributed by atoms with van der Waals surface area (Å²) in [5.41, 5.74) is 1.63. The van der Waals surface area contributed by atoms with Gasteiger partial charge in [0, 0.05) is 13.2 Å². The summed E-state index contributed by atoms with van der Waals surface area (Å²) in [4.78, 5) is 14.4. The van der Waals surface area contributed by atoms with E-state index in [2.05, 4.69) is 10.1 Å². The number of carbonyl (C=O) groups excluding carboxylic acids is 1. The van der Waals surface area contributed by atoms with E-state index in [1.807, 2.05) is 14.0 Å². The summed E-state index contributed by atoms with van der Waals surface area (Å²) in [6.07, 6.45) is 3.83. The molecule has 0 fully saturated rings. The molecule has 0 bridgehead atoms. The van der Waals surface area contributed by atoms with Crippen molar-refractivity contribution in [3.05, 3.63) is 23.8 Å². The average Bonchev–Trinajstić information content (AvgIpc) is 2.71. The van der Waals surface area contributed by atoms with Crippen molar-refractivity contribution in [2.45, 2.75) is 6.92 Å². The SMILES string of the molecule is Cc1nn(C)cc1-c1ncc(C=O)o1. The van der Waals surface area contributed by atoms with Crippen molar-refractivity contribution in [1.29, 1.82) is 0 Å². The molecule has 0 saturated heterocycles. The Hall–Kier alpha value is -1.91. The third-order valence-corrected chi connectivity index (χ3v) is 1.88. The third kappa shape index (κ3) is 1.32. The van der Waals surface area contributed by atoms with Gasteiger partial charge in [0.1, 0.15) is 0 Å². The van der Waals surface area contributed by atoms with Crippen LogP contribution in [0.2, 0.25) is 0 Å². The molecule has 72 valence electrons. The number of hydrogen-bond donors (Lipinski definition) is 0. The van der Waals surface area contributed by atoms with Crippen LogP contribution in [-0.4, -0.2) is 21.1 Å². The predicted octanol–water partition coefficient (Wildman–Crippen LogP) is 1.20. The quantitative estimate of drug-likeness (QED) is 0.669. The maximum Gasteiger partial charge on any atom is 0.230 e. The highest BCUT2D eigenvalue weighted by Crippen LogP contribution is 2.20. The van der Waals surface area contributed by atoms with Crippen LogP contribution >= 0.6 is 0 Å². The lowest BCUT2D eigenvalue weighted by atomic mass is 10.3. The first-order valence-corrected chi connectivity index (χ1v) is 4.12. The lowest BCUT2D eigenvalue weighted by Crippen LogP contribution is -1.86. The minimum Gasteiger partial charge on any atom is -0.433 e. The zero-order valence-corrected chi connectivity index (χ0v) is 7.89. The fraction of sp³-hybridized carbons (Fsp3) is 0.222. The fourth-order valence-corrected chi connectivity index (χ4v) is 1.28. The number of carbonyl (C=O) groups is 1. The van der Waals surface area contributed by atoms with E-state index in [1.54, 1.807) is 10.9 Å². The molecule has 0 amide bonds. The highest BCUT2D eigenvalue weighted by Gasteiger charge is 2.11. The van der Waals surface area contributed by atoms with Gasteiger partial charge in [0.15, 0.2) is 12.0 Å². The molecule has 0 aliphatic heterocycles.